The molecular formula is C13H21N3O2S. The Morgan fingerprint density at radius 1 is 1.53 bits per heavy atom. The third kappa shape index (κ3) is 4.74. The van der Waals surface area contributed by atoms with Crippen LogP contribution in [0.25, 0.3) is 0 Å². The summed E-state index contributed by atoms with van der Waals surface area (Å²) in [6.45, 7) is 2.87. The molecule has 5 N–H and O–H groups in total. The van der Waals surface area contributed by atoms with Gasteiger partial charge in [0.2, 0.25) is 0 Å². The van der Waals surface area contributed by atoms with E-state index in [0.717, 1.165) is 5.56 Å². The second-order valence-corrected chi connectivity index (χ2v) is 5.39. The number of hydrogen-bond acceptors (Lipinski definition) is 5. The summed E-state index contributed by atoms with van der Waals surface area (Å²) in [7, 11) is 0. The van der Waals surface area contributed by atoms with Crippen molar-refractivity contribution >= 4 is 17.6 Å². The molecule has 0 bridgehead atoms. The number of thioether (sulfide) groups is 1. The van der Waals surface area contributed by atoms with E-state index in [4.69, 9.17) is 10.9 Å². The highest BCUT2D eigenvalue weighted by molar-refractivity contribution is 7.99. The topological polar surface area (TPSA) is 90.9 Å². The Kier molecular flexibility index (Phi) is 6.69. The molecule has 0 amide bonds. The number of aliphatic hydroxyl groups is 1. The van der Waals surface area contributed by atoms with Crippen molar-refractivity contribution in [2.75, 3.05) is 12.9 Å². The fourth-order valence-corrected chi connectivity index (χ4v) is 2.40. The van der Waals surface area contributed by atoms with Crippen LogP contribution >= 0.6 is 11.8 Å². The van der Waals surface area contributed by atoms with Gasteiger partial charge in [-0.05, 0) is 24.8 Å². The van der Waals surface area contributed by atoms with Crippen LogP contribution in [0.15, 0.2) is 29.4 Å². The summed E-state index contributed by atoms with van der Waals surface area (Å²) >= 11 is 1.64. The first-order valence-electron chi connectivity index (χ1n) is 6.06. The number of rotatable bonds is 7. The van der Waals surface area contributed by atoms with Gasteiger partial charge in [0.15, 0.2) is 5.84 Å². The van der Waals surface area contributed by atoms with E-state index in [-0.39, 0.29) is 23.7 Å². The van der Waals surface area contributed by atoms with Crippen molar-refractivity contribution in [1.29, 1.82) is 0 Å². The zero-order valence-electron chi connectivity index (χ0n) is 11.2. The number of benzene rings is 1. The van der Waals surface area contributed by atoms with Crippen molar-refractivity contribution in [2.45, 2.75) is 24.8 Å². The Balaban J connectivity index is 2.63. The summed E-state index contributed by atoms with van der Waals surface area (Å²) in [5, 5.41) is 24.4. The van der Waals surface area contributed by atoms with E-state index in [1.54, 1.807) is 17.8 Å². The quantitative estimate of drug-likeness (QED) is 0.259. The molecule has 0 saturated carbocycles. The van der Waals surface area contributed by atoms with Gasteiger partial charge in [0.1, 0.15) is 0 Å². The number of amidine groups is 1. The van der Waals surface area contributed by atoms with Crippen molar-refractivity contribution in [3.8, 4) is 0 Å². The molecule has 106 valence electrons. The number of nitrogens with two attached hydrogens (primary N) is 1. The molecule has 0 aromatic heterocycles. The van der Waals surface area contributed by atoms with Crippen molar-refractivity contribution in [3.05, 3.63) is 35.4 Å². The van der Waals surface area contributed by atoms with Crippen LogP contribution in [-0.4, -0.2) is 40.3 Å². The van der Waals surface area contributed by atoms with Crippen LogP contribution in [-0.2, 0) is 6.54 Å². The zero-order valence-corrected chi connectivity index (χ0v) is 12.0. The second kappa shape index (κ2) is 8.04. The van der Waals surface area contributed by atoms with Crippen LogP contribution in [0.5, 0.6) is 0 Å². The molecule has 1 aromatic rings. The third-order valence-corrected chi connectivity index (χ3v) is 4.16. The Morgan fingerprint density at radius 3 is 2.84 bits per heavy atom. The van der Waals surface area contributed by atoms with E-state index in [1.165, 1.54) is 0 Å². The predicted molar refractivity (Wildman–Crippen MR) is 79.6 cm³/mol. The monoisotopic (exact) mass is 283 g/mol. The Hall–Kier alpha value is -1.24. The minimum atomic E-state index is 0.104. The van der Waals surface area contributed by atoms with E-state index in [1.807, 2.05) is 31.4 Å². The first kappa shape index (κ1) is 15.8. The fourth-order valence-electron chi connectivity index (χ4n) is 1.75. The van der Waals surface area contributed by atoms with Crippen molar-refractivity contribution in [1.82, 2.24) is 5.32 Å². The lowest BCUT2D eigenvalue weighted by Gasteiger charge is -2.21. The molecule has 1 rings (SSSR count). The maximum Gasteiger partial charge on any atom is 0.170 e. The zero-order chi connectivity index (χ0) is 14.3. The molecule has 0 saturated heterocycles. The highest BCUT2D eigenvalue weighted by Gasteiger charge is 2.14. The predicted octanol–water partition coefficient (Wildman–Crippen LogP) is 0.983. The van der Waals surface area contributed by atoms with Crippen LogP contribution < -0.4 is 11.1 Å². The fraction of sp³-hybridized carbons (Fsp3) is 0.462. The minimum absolute atomic E-state index is 0.104. The van der Waals surface area contributed by atoms with Gasteiger partial charge in [-0.1, -0.05) is 23.4 Å². The first-order valence-corrected chi connectivity index (χ1v) is 7.35. The van der Waals surface area contributed by atoms with Crippen LogP contribution in [0, 0.1) is 0 Å². The van der Waals surface area contributed by atoms with Gasteiger partial charge in [0.25, 0.3) is 0 Å². The van der Waals surface area contributed by atoms with Crippen LogP contribution in [0.1, 0.15) is 18.1 Å². The Labute approximate surface area is 117 Å². The van der Waals surface area contributed by atoms with Crippen LogP contribution in [0.4, 0.5) is 0 Å². The molecule has 6 heteroatoms. The summed E-state index contributed by atoms with van der Waals surface area (Å²) < 4.78 is 0. The maximum absolute atomic E-state index is 9.22. The molecule has 1 aromatic carbocycles. The van der Waals surface area contributed by atoms with Crippen molar-refractivity contribution in [2.24, 2.45) is 10.9 Å². The van der Waals surface area contributed by atoms with Crippen molar-refractivity contribution < 1.29 is 10.3 Å². The van der Waals surface area contributed by atoms with Gasteiger partial charge in [-0.2, -0.15) is 11.8 Å². The molecule has 19 heavy (non-hydrogen) atoms. The van der Waals surface area contributed by atoms with Gasteiger partial charge < -0.3 is 21.4 Å². The highest BCUT2D eigenvalue weighted by atomic mass is 32.2. The Bertz CT molecular complexity index is 422. The van der Waals surface area contributed by atoms with E-state index in [0.29, 0.717) is 12.1 Å². The summed E-state index contributed by atoms with van der Waals surface area (Å²) in [4.78, 5) is 0. The molecule has 5 nitrogen and oxygen atoms in total. The standard InChI is InChI=1S/C13H21N3O2S/c1-9(12(8-17)19-2)15-7-10-4-3-5-11(6-10)13(14)16-18/h3-6,9,12,15,17-18H,7-8H2,1-2H3,(H2,14,16). The van der Waals surface area contributed by atoms with Crippen molar-refractivity contribution in [3.63, 3.8) is 0 Å². The molecule has 2 atom stereocenters. The minimum Gasteiger partial charge on any atom is -0.409 e. The molecule has 0 aliphatic heterocycles. The SMILES string of the molecule is CSC(CO)C(C)NCc1cccc(/C(N)=N/O)c1. The molecular weight excluding hydrogens is 262 g/mol. The molecule has 0 heterocycles. The van der Waals surface area contributed by atoms with E-state index in [9.17, 15) is 5.11 Å². The van der Waals surface area contributed by atoms with Gasteiger partial charge in [0, 0.05) is 23.4 Å². The van der Waals surface area contributed by atoms with Gasteiger partial charge in [-0.15, -0.1) is 0 Å². The van der Waals surface area contributed by atoms with E-state index in [2.05, 4.69) is 10.5 Å². The first-order chi connectivity index (χ1) is 9.12. The molecule has 0 fully saturated rings. The smallest absolute Gasteiger partial charge is 0.170 e. The highest BCUT2D eigenvalue weighted by Crippen LogP contribution is 2.11. The normalized spacial score (nSPS) is 15.2. The lowest BCUT2D eigenvalue weighted by molar-refractivity contribution is 0.276. The number of aliphatic hydroxyl groups excluding tert-OH is 1. The lowest BCUT2D eigenvalue weighted by atomic mass is 10.1. The number of hydrogen-bond donors (Lipinski definition) is 4. The van der Waals surface area contributed by atoms with Gasteiger partial charge in [0.05, 0.1) is 6.61 Å². The third-order valence-electron chi connectivity index (χ3n) is 3.00. The number of oxime groups is 1. The van der Waals surface area contributed by atoms with Gasteiger partial charge in [-0.25, -0.2) is 0 Å². The van der Waals surface area contributed by atoms with E-state index < -0.39 is 0 Å². The van der Waals surface area contributed by atoms with Crippen LogP contribution in [0.2, 0.25) is 0 Å². The number of nitrogens with zero attached hydrogens (tertiary/aromatic N) is 1. The maximum atomic E-state index is 9.22. The largest absolute Gasteiger partial charge is 0.409 e. The summed E-state index contributed by atoms with van der Waals surface area (Å²) in [5.41, 5.74) is 7.30. The molecule has 0 aliphatic carbocycles. The average molecular weight is 283 g/mol. The molecule has 0 spiro atoms. The van der Waals surface area contributed by atoms with Crippen LogP contribution in [0.3, 0.4) is 0 Å². The molecule has 2 unspecified atom stereocenters. The molecule has 0 aliphatic rings. The molecule has 0 radical (unpaired) electrons. The number of nitrogens with one attached hydrogen (secondary N) is 1. The van der Waals surface area contributed by atoms with Gasteiger partial charge >= 0.3 is 0 Å². The average Bonchev–Trinajstić information content (AvgIpc) is 2.45. The second-order valence-electron chi connectivity index (χ2n) is 4.31. The summed E-state index contributed by atoms with van der Waals surface area (Å²) in [6.07, 6.45) is 1.98. The summed E-state index contributed by atoms with van der Waals surface area (Å²) in [6, 6.07) is 7.71. The van der Waals surface area contributed by atoms with E-state index >= 15 is 0 Å². The lowest BCUT2D eigenvalue weighted by Crippen LogP contribution is -2.37. The van der Waals surface area contributed by atoms with Gasteiger partial charge in [-0.3, -0.25) is 0 Å². The Morgan fingerprint density at radius 2 is 2.26 bits per heavy atom. The summed E-state index contributed by atoms with van der Waals surface area (Å²) in [5.74, 6) is 0.104.